The SMILES string of the molecule is CCCC/C(=N\O)c1ccc(OCCCc2cnc[nH]2)cc1.O=C(O)/C=C\C(=O)O. The van der Waals surface area contributed by atoms with Crippen molar-refractivity contribution >= 4 is 17.7 Å². The van der Waals surface area contributed by atoms with E-state index in [1.807, 2.05) is 30.5 Å². The Labute approximate surface area is 174 Å². The van der Waals surface area contributed by atoms with Gasteiger partial charge in [-0.25, -0.2) is 14.6 Å². The number of carboxylic acids is 2. The summed E-state index contributed by atoms with van der Waals surface area (Å²) in [5.74, 6) is -1.68. The fourth-order valence-electron chi connectivity index (χ4n) is 2.36. The van der Waals surface area contributed by atoms with Crippen LogP contribution in [0.5, 0.6) is 5.75 Å². The summed E-state index contributed by atoms with van der Waals surface area (Å²) in [6.45, 7) is 2.78. The van der Waals surface area contributed by atoms with Gasteiger partial charge in [-0.15, -0.1) is 0 Å². The van der Waals surface area contributed by atoms with Gasteiger partial charge in [-0.3, -0.25) is 0 Å². The third-order valence-electron chi connectivity index (χ3n) is 3.86. The molecule has 0 saturated heterocycles. The average Bonchev–Trinajstić information content (AvgIpc) is 3.25. The van der Waals surface area contributed by atoms with Crippen molar-refractivity contribution in [1.82, 2.24) is 9.97 Å². The van der Waals surface area contributed by atoms with E-state index >= 15 is 0 Å². The van der Waals surface area contributed by atoms with E-state index < -0.39 is 11.9 Å². The van der Waals surface area contributed by atoms with Gasteiger partial charge < -0.3 is 25.1 Å². The first-order valence-electron chi connectivity index (χ1n) is 9.51. The molecule has 2 rings (SSSR count). The topological polar surface area (TPSA) is 145 Å². The summed E-state index contributed by atoms with van der Waals surface area (Å²) in [6, 6.07) is 7.72. The Bertz CT molecular complexity index is 798. The number of unbranched alkanes of at least 4 members (excludes halogenated alkanes) is 1. The van der Waals surface area contributed by atoms with Gasteiger partial charge in [0, 0.05) is 24.0 Å². The first-order chi connectivity index (χ1) is 14.5. The Morgan fingerprint density at radius 2 is 1.80 bits per heavy atom. The van der Waals surface area contributed by atoms with E-state index in [1.54, 1.807) is 6.33 Å². The van der Waals surface area contributed by atoms with Crippen LogP contribution in [0, 0.1) is 0 Å². The van der Waals surface area contributed by atoms with Crippen LogP contribution in [0.3, 0.4) is 0 Å². The predicted octanol–water partition coefficient (Wildman–Crippen LogP) is 3.50. The lowest BCUT2D eigenvalue weighted by molar-refractivity contribution is -0.134. The van der Waals surface area contributed by atoms with Crippen LogP contribution < -0.4 is 4.74 Å². The molecule has 162 valence electrons. The van der Waals surface area contributed by atoms with Crippen molar-refractivity contribution in [3.05, 3.63) is 60.2 Å². The number of imidazole rings is 1. The molecule has 9 nitrogen and oxygen atoms in total. The van der Waals surface area contributed by atoms with E-state index in [0.29, 0.717) is 18.8 Å². The molecule has 0 spiro atoms. The highest BCUT2D eigenvalue weighted by molar-refractivity contribution is 6.00. The third kappa shape index (κ3) is 10.6. The van der Waals surface area contributed by atoms with Gasteiger partial charge in [0.1, 0.15) is 5.75 Å². The highest BCUT2D eigenvalue weighted by Gasteiger charge is 2.04. The van der Waals surface area contributed by atoms with E-state index in [4.69, 9.17) is 20.2 Å². The van der Waals surface area contributed by atoms with Gasteiger partial charge in [-0.05, 0) is 55.5 Å². The minimum absolute atomic E-state index is 0.558. The Morgan fingerprint density at radius 1 is 1.13 bits per heavy atom. The molecule has 4 N–H and O–H groups in total. The molecular formula is C21H27N3O6. The van der Waals surface area contributed by atoms with Crippen LogP contribution in [0.4, 0.5) is 0 Å². The number of aromatic nitrogens is 2. The van der Waals surface area contributed by atoms with Gasteiger partial charge in [-0.1, -0.05) is 18.5 Å². The zero-order valence-electron chi connectivity index (χ0n) is 16.8. The molecule has 1 heterocycles. The number of hydrogen-bond donors (Lipinski definition) is 4. The smallest absolute Gasteiger partial charge is 0.328 e. The van der Waals surface area contributed by atoms with Crippen LogP contribution in [0.1, 0.15) is 43.9 Å². The van der Waals surface area contributed by atoms with E-state index in [9.17, 15) is 9.59 Å². The average molecular weight is 417 g/mol. The number of H-pyrrole nitrogens is 1. The van der Waals surface area contributed by atoms with Crippen molar-refractivity contribution in [1.29, 1.82) is 0 Å². The van der Waals surface area contributed by atoms with Gasteiger partial charge >= 0.3 is 11.9 Å². The molecule has 0 aliphatic heterocycles. The fourth-order valence-corrected chi connectivity index (χ4v) is 2.36. The van der Waals surface area contributed by atoms with Crippen LogP contribution in [0.15, 0.2) is 54.1 Å². The molecule has 1 aromatic heterocycles. The summed E-state index contributed by atoms with van der Waals surface area (Å²) in [7, 11) is 0. The molecule has 9 heteroatoms. The minimum atomic E-state index is -1.26. The molecule has 0 aliphatic rings. The first kappa shape index (κ1) is 24.4. The Kier molecular flexibility index (Phi) is 11.7. The second-order valence-corrected chi connectivity index (χ2v) is 6.21. The van der Waals surface area contributed by atoms with Gasteiger partial charge in [0.05, 0.1) is 18.6 Å². The summed E-state index contributed by atoms with van der Waals surface area (Å²) in [5.41, 5.74) is 2.80. The van der Waals surface area contributed by atoms with Crippen molar-refractivity contribution in [3.63, 3.8) is 0 Å². The Hall–Kier alpha value is -3.62. The second-order valence-electron chi connectivity index (χ2n) is 6.21. The molecule has 0 fully saturated rings. The number of carbonyl (C=O) groups is 2. The molecular weight excluding hydrogens is 390 g/mol. The number of benzene rings is 1. The first-order valence-corrected chi connectivity index (χ1v) is 9.51. The zero-order valence-corrected chi connectivity index (χ0v) is 16.8. The summed E-state index contributed by atoms with van der Waals surface area (Å²) < 4.78 is 5.72. The maximum atomic E-state index is 9.55. The summed E-state index contributed by atoms with van der Waals surface area (Å²) in [5, 5.41) is 28.1. The van der Waals surface area contributed by atoms with Crippen molar-refractivity contribution in [3.8, 4) is 5.75 Å². The molecule has 0 bridgehead atoms. The number of nitrogens with zero attached hydrogens (tertiary/aromatic N) is 2. The number of aliphatic carboxylic acids is 2. The van der Waals surface area contributed by atoms with Crippen LogP contribution in [0.2, 0.25) is 0 Å². The monoisotopic (exact) mass is 417 g/mol. The lowest BCUT2D eigenvalue weighted by atomic mass is 10.0. The quantitative estimate of drug-likeness (QED) is 0.144. The van der Waals surface area contributed by atoms with E-state index in [0.717, 1.165) is 54.8 Å². The van der Waals surface area contributed by atoms with Gasteiger partial charge in [0.2, 0.25) is 0 Å². The number of oxime groups is 1. The normalized spacial score (nSPS) is 11.0. The summed E-state index contributed by atoms with van der Waals surface area (Å²) >= 11 is 0. The maximum Gasteiger partial charge on any atom is 0.328 e. The number of nitrogens with one attached hydrogen (secondary N) is 1. The van der Waals surface area contributed by atoms with E-state index in [-0.39, 0.29) is 0 Å². The lowest BCUT2D eigenvalue weighted by Crippen LogP contribution is -2.02. The number of rotatable bonds is 11. The Balaban J connectivity index is 0.000000479. The third-order valence-corrected chi connectivity index (χ3v) is 3.86. The molecule has 0 atom stereocenters. The summed E-state index contributed by atoms with van der Waals surface area (Å²) in [4.78, 5) is 26.2. The molecule has 0 radical (unpaired) electrons. The highest BCUT2D eigenvalue weighted by Crippen LogP contribution is 2.15. The number of ether oxygens (including phenoxy) is 1. The molecule has 0 saturated carbocycles. The predicted molar refractivity (Wildman–Crippen MR) is 111 cm³/mol. The standard InChI is InChI=1S/C17H23N3O2.C4H4O4/c1-2-3-6-17(20-21)14-7-9-16(10-8-14)22-11-4-5-15-12-18-13-19-15;5-3(6)1-2-4(7)8/h7-10,12-13,21H,2-6,11H2,1H3,(H,18,19);1-2H,(H,5,6)(H,7,8)/b20-17+;2-1-. The van der Waals surface area contributed by atoms with Crippen LogP contribution in [-0.2, 0) is 16.0 Å². The number of aromatic amines is 1. The highest BCUT2D eigenvalue weighted by atomic mass is 16.5. The molecule has 2 aromatic rings. The molecule has 0 amide bonds. The van der Waals surface area contributed by atoms with Crippen LogP contribution in [-0.4, -0.2) is 49.6 Å². The molecule has 0 aliphatic carbocycles. The number of aryl methyl sites for hydroxylation is 1. The number of carboxylic acid groups (broad SMARTS) is 2. The zero-order chi connectivity index (χ0) is 22.2. The van der Waals surface area contributed by atoms with Crippen molar-refractivity contribution < 1.29 is 29.7 Å². The number of hydrogen-bond acceptors (Lipinski definition) is 6. The fraction of sp³-hybridized carbons (Fsp3) is 0.333. The largest absolute Gasteiger partial charge is 0.494 e. The summed E-state index contributed by atoms with van der Waals surface area (Å²) in [6.07, 6.45) is 9.39. The maximum absolute atomic E-state index is 9.55. The second kappa shape index (κ2) is 14.4. The molecule has 0 unspecified atom stereocenters. The molecule has 30 heavy (non-hydrogen) atoms. The van der Waals surface area contributed by atoms with E-state index in [1.165, 1.54) is 0 Å². The lowest BCUT2D eigenvalue weighted by Gasteiger charge is -2.08. The van der Waals surface area contributed by atoms with E-state index in [2.05, 4.69) is 22.0 Å². The van der Waals surface area contributed by atoms with Crippen LogP contribution >= 0.6 is 0 Å². The van der Waals surface area contributed by atoms with Crippen molar-refractivity contribution in [2.24, 2.45) is 5.16 Å². The van der Waals surface area contributed by atoms with Crippen molar-refractivity contribution in [2.75, 3.05) is 6.61 Å². The minimum Gasteiger partial charge on any atom is -0.494 e. The van der Waals surface area contributed by atoms with Gasteiger partial charge in [-0.2, -0.15) is 0 Å². The Morgan fingerprint density at radius 3 is 2.30 bits per heavy atom. The molecule has 1 aromatic carbocycles. The van der Waals surface area contributed by atoms with Gasteiger partial charge in [0.25, 0.3) is 0 Å². The van der Waals surface area contributed by atoms with Crippen LogP contribution in [0.25, 0.3) is 0 Å². The van der Waals surface area contributed by atoms with Gasteiger partial charge in [0.15, 0.2) is 0 Å². The van der Waals surface area contributed by atoms with Crippen molar-refractivity contribution in [2.45, 2.75) is 39.0 Å².